The molecule has 0 aromatic heterocycles. The molecule has 0 rings (SSSR count). The molecule has 0 aromatic carbocycles. The fourth-order valence-electron chi connectivity index (χ4n) is 0. The molecule has 0 heterocycles. The van der Waals surface area contributed by atoms with Crippen molar-refractivity contribution in [3.05, 3.63) is 0 Å². The molecule has 0 amide bonds. The Morgan fingerprint density at radius 1 is 0.917 bits per heavy atom. The van der Waals surface area contributed by atoms with E-state index in [4.69, 9.17) is 5.73 Å². The van der Waals surface area contributed by atoms with E-state index < -0.39 is 0 Å². The second-order valence-corrected chi connectivity index (χ2v) is 5.28. The van der Waals surface area contributed by atoms with Crippen LogP contribution in [0.25, 0.3) is 0 Å². The van der Waals surface area contributed by atoms with Gasteiger partial charge in [0.15, 0.2) is 0 Å². The first-order valence-corrected chi connectivity index (χ1v) is 4.35. The van der Waals surface area contributed by atoms with Crippen LogP contribution in [-0.4, -0.2) is 5.54 Å². The summed E-state index contributed by atoms with van der Waals surface area (Å²) >= 11 is 0. The summed E-state index contributed by atoms with van der Waals surface area (Å²) in [6, 6.07) is 0. The Balaban J connectivity index is -0.000000126. The number of rotatable bonds is 0. The summed E-state index contributed by atoms with van der Waals surface area (Å²) < 4.78 is 0. The van der Waals surface area contributed by atoms with E-state index in [1.54, 1.807) is 0 Å². The van der Waals surface area contributed by atoms with E-state index in [2.05, 4.69) is 27.7 Å². The topological polar surface area (TPSA) is 26.0 Å². The van der Waals surface area contributed by atoms with Gasteiger partial charge >= 0.3 is 0 Å². The average Bonchev–Trinajstić information content (AvgIpc) is 1.59. The molecule has 78 valence electrons. The van der Waals surface area contributed by atoms with E-state index in [9.17, 15) is 0 Å². The Labute approximate surface area is 79.7 Å². The first-order valence-electron chi connectivity index (χ1n) is 4.35. The van der Waals surface area contributed by atoms with Crippen LogP contribution < -0.4 is 5.73 Å². The van der Waals surface area contributed by atoms with Crippen LogP contribution in [0.3, 0.4) is 0 Å². The molecule has 0 aromatic rings. The molecule has 0 aliphatic heterocycles. The highest BCUT2D eigenvalue weighted by molar-refractivity contribution is 4.60. The molecule has 1 heteroatoms. The second-order valence-electron chi connectivity index (χ2n) is 5.28. The molecule has 0 aliphatic carbocycles. The fourth-order valence-corrected chi connectivity index (χ4v) is 0. The van der Waals surface area contributed by atoms with Crippen LogP contribution in [-0.2, 0) is 0 Å². The van der Waals surface area contributed by atoms with E-state index in [0.717, 1.165) is 0 Å². The third kappa shape index (κ3) is 91.3. The maximum atomic E-state index is 5.35. The lowest BCUT2D eigenvalue weighted by molar-refractivity contribution is 0.398. The molecular formula is C11H29N. The second kappa shape index (κ2) is 6.47. The molecule has 0 unspecified atom stereocenters. The molecule has 1 nitrogen and oxygen atoms in total. The van der Waals surface area contributed by atoms with E-state index >= 15 is 0 Å². The van der Waals surface area contributed by atoms with Crippen molar-refractivity contribution in [1.29, 1.82) is 0 Å². The van der Waals surface area contributed by atoms with Gasteiger partial charge in [0.05, 0.1) is 0 Å². The lowest BCUT2D eigenvalue weighted by Crippen LogP contribution is -2.26. The summed E-state index contributed by atoms with van der Waals surface area (Å²) in [4.78, 5) is 0. The van der Waals surface area contributed by atoms with E-state index in [1.807, 2.05) is 20.8 Å². The molecule has 2 N–H and O–H groups in total. The SMILES string of the molecule is C.CC(C)(C)N.CCC(C)(C)C. The summed E-state index contributed by atoms with van der Waals surface area (Å²) in [5, 5.41) is 0. The lowest BCUT2D eigenvalue weighted by Gasteiger charge is -2.12. The smallest absolute Gasteiger partial charge is 0.00686 e. The number of hydrogen-bond acceptors (Lipinski definition) is 1. The Morgan fingerprint density at radius 2 is 1.00 bits per heavy atom. The maximum absolute atomic E-state index is 5.35. The average molecular weight is 175 g/mol. The van der Waals surface area contributed by atoms with Crippen molar-refractivity contribution in [3.63, 3.8) is 0 Å². The minimum absolute atomic E-state index is 0. The van der Waals surface area contributed by atoms with Gasteiger partial charge in [-0.1, -0.05) is 41.5 Å². The predicted molar refractivity (Wildman–Crippen MR) is 60.4 cm³/mol. The summed E-state index contributed by atoms with van der Waals surface area (Å²) in [5.41, 5.74) is 5.90. The molecule has 0 spiro atoms. The van der Waals surface area contributed by atoms with Gasteiger partial charge in [-0.3, -0.25) is 0 Å². The van der Waals surface area contributed by atoms with Crippen LogP contribution in [0.2, 0.25) is 0 Å². The number of nitrogens with two attached hydrogens (primary N) is 1. The molecule has 0 atom stereocenters. The summed E-state index contributed by atoms with van der Waals surface area (Å²) in [5.74, 6) is 0. The number of hydrogen-bond donors (Lipinski definition) is 1. The quantitative estimate of drug-likeness (QED) is 0.595. The third-order valence-corrected chi connectivity index (χ3v) is 1.06. The lowest BCUT2D eigenvalue weighted by atomic mass is 9.94. The summed E-state index contributed by atoms with van der Waals surface area (Å²) in [6.07, 6.45) is 1.27. The molecule has 0 radical (unpaired) electrons. The van der Waals surface area contributed by atoms with Crippen molar-refractivity contribution >= 4 is 0 Å². The predicted octanol–water partition coefficient (Wildman–Crippen LogP) is 3.82. The molecule has 0 saturated heterocycles. The van der Waals surface area contributed by atoms with Crippen LogP contribution in [0.1, 0.15) is 62.3 Å². The van der Waals surface area contributed by atoms with E-state index in [1.165, 1.54) is 6.42 Å². The maximum Gasteiger partial charge on any atom is 0.00686 e. The van der Waals surface area contributed by atoms with E-state index in [0.29, 0.717) is 5.41 Å². The third-order valence-electron chi connectivity index (χ3n) is 1.06. The molecule has 12 heavy (non-hydrogen) atoms. The van der Waals surface area contributed by atoms with Gasteiger partial charge in [-0.05, 0) is 26.2 Å². The van der Waals surface area contributed by atoms with Gasteiger partial charge in [0, 0.05) is 5.54 Å². The fraction of sp³-hybridized carbons (Fsp3) is 1.00. The zero-order valence-electron chi connectivity index (χ0n) is 9.28. The molecule has 0 aliphatic rings. The van der Waals surface area contributed by atoms with Crippen LogP contribution in [0.15, 0.2) is 0 Å². The van der Waals surface area contributed by atoms with Gasteiger partial charge < -0.3 is 5.73 Å². The van der Waals surface area contributed by atoms with Crippen LogP contribution in [0, 0.1) is 5.41 Å². The van der Waals surface area contributed by atoms with Crippen LogP contribution in [0.4, 0.5) is 0 Å². The van der Waals surface area contributed by atoms with Crippen molar-refractivity contribution in [2.75, 3.05) is 0 Å². The highest BCUT2D eigenvalue weighted by Crippen LogP contribution is 2.16. The van der Waals surface area contributed by atoms with Gasteiger partial charge in [0.1, 0.15) is 0 Å². The minimum atomic E-state index is 0. The highest BCUT2D eigenvalue weighted by Gasteiger charge is 2.03. The molecule has 0 fully saturated rings. The Morgan fingerprint density at radius 3 is 1.00 bits per heavy atom. The standard InChI is InChI=1S/C6H14.C4H11N.CH4/c1-5-6(2,3)4;1-4(2,3)5;/h5H2,1-4H3;5H2,1-3H3;1H4. The first-order chi connectivity index (χ1) is 4.56. The largest absolute Gasteiger partial charge is 0.326 e. The Kier molecular flexibility index (Phi) is 9.65. The first kappa shape index (κ1) is 17.9. The Hall–Kier alpha value is -0.0400. The molecule has 0 saturated carbocycles. The normalized spacial score (nSPS) is 11.0. The molecule has 0 bridgehead atoms. The minimum Gasteiger partial charge on any atom is -0.326 e. The molecular weight excluding hydrogens is 146 g/mol. The Bertz CT molecular complexity index is 76.2. The summed E-state index contributed by atoms with van der Waals surface area (Å²) in [7, 11) is 0. The van der Waals surface area contributed by atoms with Gasteiger partial charge in [0.2, 0.25) is 0 Å². The zero-order chi connectivity index (χ0) is 9.71. The van der Waals surface area contributed by atoms with Crippen LogP contribution >= 0.6 is 0 Å². The van der Waals surface area contributed by atoms with Crippen LogP contribution in [0.5, 0.6) is 0 Å². The summed E-state index contributed by atoms with van der Waals surface area (Å²) in [6.45, 7) is 14.8. The van der Waals surface area contributed by atoms with Crippen molar-refractivity contribution in [3.8, 4) is 0 Å². The van der Waals surface area contributed by atoms with Crippen molar-refractivity contribution in [2.45, 2.75) is 67.9 Å². The van der Waals surface area contributed by atoms with Gasteiger partial charge in [0.25, 0.3) is 0 Å². The van der Waals surface area contributed by atoms with Gasteiger partial charge in [-0.15, -0.1) is 0 Å². The van der Waals surface area contributed by atoms with Crippen molar-refractivity contribution < 1.29 is 0 Å². The van der Waals surface area contributed by atoms with Gasteiger partial charge in [-0.25, -0.2) is 0 Å². The van der Waals surface area contributed by atoms with Crippen molar-refractivity contribution in [2.24, 2.45) is 11.1 Å². The van der Waals surface area contributed by atoms with E-state index in [-0.39, 0.29) is 13.0 Å². The monoisotopic (exact) mass is 175 g/mol. The van der Waals surface area contributed by atoms with Crippen molar-refractivity contribution in [1.82, 2.24) is 0 Å². The zero-order valence-corrected chi connectivity index (χ0v) is 9.28. The highest BCUT2D eigenvalue weighted by atomic mass is 14.7. The van der Waals surface area contributed by atoms with Gasteiger partial charge in [-0.2, -0.15) is 0 Å².